The zero-order valence-electron chi connectivity index (χ0n) is 15.5. The first-order valence-corrected chi connectivity index (χ1v) is 9.26. The molecule has 0 saturated heterocycles. The van der Waals surface area contributed by atoms with Crippen molar-refractivity contribution in [2.45, 2.75) is 23.6 Å². The number of benzene rings is 2. The summed E-state index contributed by atoms with van der Waals surface area (Å²) >= 11 is 1.49. The van der Waals surface area contributed by atoms with Crippen molar-refractivity contribution >= 4 is 35.1 Å². The minimum atomic E-state index is -0.587. The molecule has 0 heterocycles. The molecule has 1 amide bonds. The van der Waals surface area contributed by atoms with Crippen LogP contribution in [0.5, 0.6) is 0 Å². The Morgan fingerprint density at radius 3 is 2.00 bits per heavy atom. The number of aliphatic hydroxyl groups excluding tert-OH is 1. The van der Waals surface area contributed by atoms with Crippen LogP contribution in [0.2, 0.25) is 0 Å². The Bertz CT molecular complexity index is 876. The van der Waals surface area contributed by atoms with Gasteiger partial charge in [-0.2, -0.15) is 0 Å². The molecule has 0 saturated carbocycles. The van der Waals surface area contributed by atoms with Gasteiger partial charge in [0.25, 0.3) is 5.91 Å². The third-order valence-corrected chi connectivity index (χ3v) is 4.52. The van der Waals surface area contributed by atoms with Gasteiger partial charge in [0, 0.05) is 34.4 Å². The molecule has 0 radical (unpaired) electrons. The maximum Gasteiger partial charge on any atom is 0.331 e. The minimum Gasteiger partial charge on any atom is -0.395 e. The largest absolute Gasteiger partial charge is 0.395 e. The number of hydrogen-bond acceptors (Lipinski definition) is 7. The topological polar surface area (TPSA) is 105 Å². The molecule has 8 heteroatoms. The van der Waals surface area contributed by atoms with Crippen molar-refractivity contribution in [2.24, 2.45) is 5.16 Å². The highest BCUT2D eigenvalue weighted by Crippen LogP contribution is 2.28. The number of nitrogens with zero attached hydrogens (tertiary/aromatic N) is 1. The summed E-state index contributed by atoms with van der Waals surface area (Å²) in [7, 11) is 0. The first-order valence-electron chi connectivity index (χ1n) is 8.44. The smallest absolute Gasteiger partial charge is 0.331 e. The standard InChI is InChI=1S/C20H20N2O5S/c1-13(22-27-14(2)24)19(25)15-3-7-17(8-4-15)28-18-9-5-16(6-10-18)20(26)21-11-12-23/h3-10,23H,11-12H2,1-2H3,(H,21,26). The van der Waals surface area contributed by atoms with Crippen molar-refractivity contribution in [1.29, 1.82) is 0 Å². The molecule has 2 aromatic carbocycles. The highest BCUT2D eigenvalue weighted by Gasteiger charge is 2.11. The average molecular weight is 400 g/mol. The third kappa shape index (κ3) is 6.33. The second kappa shape index (κ2) is 10.4. The summed E-state index contributed by atoms with van der Waals surface area (Å²) in [5.41, 5.74) is 1.04. The Hall–Kier alpha value is -2.97. The molecule has 0 aromatic heterocycles. The molecule has 2 rings (SSSR count). The molecule has 0 fully saturated rings. The molecule has 0 spiro atoms. The van der Waals surface area contributed by atoms with E-state index in [-0.39, 0.29) is 30.6 Å². The van der Waals surface area contributed by atoms with Crippen LogP contribution in [0.1, 0.15) is 34.6 Å². The Kier molecular flexibility index (Phi) is 7.91. The van der Waals surface area contributed by atoms with Gasteiger partial charge in [0.1, 0.15) is 5.71 Å². The second-order valence-electron chi connectivity index (χ2n) is 5.72. The summed E-state index contributed by atoms with van der Waals surface area (Å²) in [5, 5.41) is 14.8. The van der Waals surface area contributed by atoms with Crippen LogP contribution < -0.4 is 5.32 Å². The number of rotatable bonds is 8. The molecule has 2 aromatic rings. The number of ketones is 1. The highest BCUT2D eigenvalue weighted by molar-refractivity contribution is 7.99. The highest BCUT2D eigenvalue weighted by atomic mass is 32.2. The predicted octanol–water partition coefficient (Wildman–Crippen LogP) is 2.68. The number of nitrogens with one attached hydrogen (secondary N) is 1. The van der Waals surface area contributed by atoms with Gasteiger partial charge in [-0.3, -0.25) is 9.59 Å². The summed E-state index contributed by atoms with van der Waals surface area (Å²) in [6.07, 6.45) is 0. The van der Waals surface area contributed by atoms with Crippen molar-refractivity contribution < 1.29 is 24.3 Å². The fourth-order valence-corrected chi connectivity index (χ4v) is 2.96. The molecule has 7 nitrogen and oxygen atoms in total. The molecule has 0 aliphatic carbocycles. The van der Waals surface area contributed by atoms with Crippen LogP contribution in [0.3, 0.4) is 0 Å². The van der Waals surface area contributed by atoms with Gasteiger partial charge < -0.3 is 15.3 Å². The number of Topliss-reactive ketones (excluding diaryl/α,β-unsaturated/α-hetero) is 1. The van der Waals surface area contributed by atoms with Crippen molar-refractivity contribution in [2.75, 3.05) is 13.2 Å². The van der Waals surface area contributed by atoms with Crippen molar-refractivity contribution in [3.8, 4) is 0 Å². The Balaban J connectivity index is 2.00. The average Bonchev–Trinajstić information content (AvgIpc) is 2.70. The number of hydrogen-bond donors (Lipinski definition) is 2. The number of carbonyl (C=O) groups excluding carboxylic acids is 3. The first-order chi connectivity index (χ1) is 13.4. The molecule has 2 N–H and O–H groups in total. The molecule has 0 atom stereocenters. The van der Waals surface area contributed by atoms with Gasteiger partial charge in [-0.25, -0.2) is 4.79 Å². The van der Waals surface area contributed by atoms with Crippen LogP contribution in [0.25, 0.3) is 0 Å². The maximum atomic E-state index is 12.2. The van der Waals surface area contributed by atoms with E-state index in [0.717, 1.165) is 9.79 Å². The molecule has 0 aliphatic heterocycles. The number of oxime groups is 1. The summed E-state index contributed by atoms with van der Waals surface area (Å²) < 4.78 is 0. The van der Waals surface area contributed by atoms with E-state index in [9.17, 15) is 14.4 Å². The lowest BCUT2D eigenvalue weighted by molar-refractivity contribution is -0.140. The summed E-state index contributed by atoms with van der Waals surface area (Å²) in [4.78, 5) is 41.1. The monoisotopic (exact) mass is 400 g/mol. The van der Waals surface area contributed by atoms with Crippen molar-refractivity contribution in [1.82, 2.24) is 5.32 Å². The van der Waals surface area contributed by atoms with E-state index in [1.807, 2.05) is 12.1 Å². The van der Waals surface area contributed by atoms with Crippen LogP contribution in [0.15, 0.2) is 63.5 Å². The van der Waals surface area contributed by atoms with Gasteiger partial charge >= 0.3 is 5.97 Å². The zero-order valence-corrected chi connectivity index (χ0v) is 16.3. The van der Waals surface area contributed by atoms with E-state index >= 15 is 0 Å². The molecule has 0 unspecified atom stereocenters. The number of amides is 1. The van der Waals surface area contributed by atoms with Crippen molar-refractivity contribution in [3.63, 3.8) is 0 Å². The third-order valence-electron chi connectivity index (χ3n) is 3.51. The summed E-state index contributed by atoms with van der Waals surface area (Å²) in [5.74, 6) is -1.15. The van der Waals surface area contributed by atoms with Gasteiger partial charge in [0.15, 0.2) is 0 Å². The molecule has 0 bridgehead atoms. The lowest BCUT2D eigenvalue weighted by Gasteiger charge is -2.06. The van der Waals surface area contributed by atoms with Gasteiger partial charge in [-0.1, -0.05) is 16.9 Å². The molecule has 28 heavy (non-hydrogen) atoms. The van der Waals surface area contributed by atoms with E-state index < -0.39 is 5.97 Å². The Morgan fingerprint density at radius 1 is 0.964 bits per heavy atom. The van der Waals surface area contributed by atoms with Crippen molar-refractivity contribution in [3.05, 3.63) is 59.7 Å². The zero-order chi connectivity index (χ0) is 20.5. The number of carbonyl (C=O) groups is 3. The van der Waals surface area contributed by atoms with Gasteiger partial charge in [0.05, 0.1) is 6.61 Å². The van der Waals surface area contributed by atoms with Gasteiger partial charge in [-0.15, -0.1) is 0 Å². The normalized spacial score (nSPS) is 11.0. The van der Waals surface area contributed by atoms with Crippen LogP contribution >= 0.6 is 11.8 Å². The lowest BCUT2D eigenvalue weighted by Crippen LogP contribution is -2.26. The Morgan fingerprint density at radius 2 is 1.50 bits per heavy atom. The predicted molar refractivity (Wildman–Crippen MR) is 106 cm³/mol. The molecular formula is C20H20N2O5S. The summed E-state index contributed by atoms with van der Waals surface area (Å²) in [6.45, 7) is 2.80. The fraction of sp³-hybridized carbons (Fsp3) is 0.200. The second-order valence-corrected chi connectivity index (χ2v) is 6.87. The molecule has 146 valence electrons. The molecular weight excluding hydrogens is 380 g/mol. The lowest BCUT2D eigenvalue weighted by atomic mass is 10.1. The minimum absolute atomic E-state index is 0.0886. The van der Waals surface area contributed by atoms with Crippen LogP contribution in [-0.2, 0) is 9.63 Å². The van der Waals surface area contributed by atoms with E-state index in [1.54, 1.807) is 36.4 Å². The first kappa shape index (κ1) is 21.3. The van der Waals surface area contributed by atoms with Crippen LogP contribution in [-0.4, -0.2) is 41.6 Å². The van der Waals surface area contributed by atoms with E-state index in [0.29, 0.717) is 11.1 Å². The quantitative estimate of drug-likeness (QED) is 0.305. The van der Waals surface area contributed by atoms with Crippen LogP contribution in [0.4, 0.5) is 0 Å². The van der Waals surface area contributed by atoms with Crippen LogP contribution in [0, 0.1) is 0 Å². The molecule has 0 aliphatic rings. The summed E-state index contributed by atoms with van der Waals surface area (Å²) in [6, 6.07) is 14.0. The van der Waals surface area contributed by atoms with Gasteiger partial charge in [0.2, 0.25) is 5.78 Å². The number of aliphatic hydroxyl groups is 1. The SMILES string of the molecule is CC(=O)ON=C(C)C(=O)c1ccc(Sc2ccc(C(=O)NCCO)cc2)cc1. The van der Waals surface area contributed by atoms with E-state index in [2.05, 4.69) is 15.3 Å². The maximum absolute atomic E-state index is 12.2. The fourth-order valence-electron chi connectivity index (χ4n) is 2.14. The van der Waals surface area contributed by atoms with E-state index in [1.165, 1.54) is 25.6 Å². The van der Waals surface area contributed by atoms with E-state index in [4.69, 9.17) is 5.11 Å². The van der Waals surface area contributed by atoms with Gasteiger partial charge in [-0.05, 0) is 55.5 Å². The Labute approximate surface area is 166 Å².